The maximum absolute atomic E-state index is 12.0. The quantitative estimate of drug-likeness (QED) is 0.578. The Hall–Kier alpha value is -2.14. The molecule has 5 heteroatoms. The lowest BCUT2D eigenvalue weighted by Crippen LogP contribution is -2.28. The maximum Gasteiger partial charge on any atom is 0.269 e. The number of aromatic nitrogens is 1. The topological polar surface area (TPSA) is 80.0 Å². The van der Waals surface area contributed by atoms with E-state index in [1.165, 1.54) is 0 Å². The summed E-state index contributed by atoms with van der Waals surface area (Å²) in [7, 11) is 0. The molecule has 0 saturated carbocycles. The van der Waals surface area contributed by atoms with Gasteiger partial charge in [-0.15, -0.1) is 0 Å². The third-order valence-corrected chi connectivity index (χ3v) is 2.78. The van der Waals surface area contributed by atoms with E-state index in [9.17, 15) is 4.79 Å². The van der Waals surface area contributed by atoms with Gasteiger partial charge in [-0.2, -0.15) is 0 Å². The Labute approximate surface area is 112 Å². The van der Waals surface area contributed by atoms with Gasteiger partial charge < -0.3 is 10.7 Å². The minimum absolute atomic E-state index is 0.184. The molecular weight excluding hydrogens is 240 g/mol. The number of nitrogens with one attached hydrogen (secondary N) is 2. The molecule has 1 aromatic carbocycles. The second-order valence-electron chi connectivity index (χ2n) is 4.82. The summed E-state index contributed by atoms with van der Waals surface area (Å²) in [4.78, 5) is 16.4. The van der Waals surface area contributed by atoms with Crippen LogP contribution in [0.1, 0.15) is 24.3 Å². The van der Waals surface area contributed by atoms with Gasteiger partial charge in [-0.25, -0.2) is 4.98 Å². The standard InChI is InChI=1S/C14H18N4O/c1-9(2)8-16-14(19)13-7-12(18-15)10-5-3-4-6-11(10)17-13/h3-7,9H,8,15H2,1-2H3,(H,16,19)(H,17,18). The summed E-state index contributed by atoms with van der Waals surface area (Å²) >= 11 is 0. The molecule has 5 nitrogen and oxygen atoms in total. The predicted molar refractivity (Wildman–Crippen MR) is 76.7 cm³/mol. The molecule has 0 atom stereocenters. The number of nitrogens with two attached hydrogens (primary N) is 1. The van der Waals surface area contributed by atoms with Crippen molar-refractivity contribution in [2.24, 2.45) is 11.8 Å². The zero-order chi connectivity index (χ0) is 13.8. The van der Waals surface area contributed by atoms with Crippen LogP contribution in [0.15, 0.2) is 30.3 Å². The Bertz CT molecular complexity index is 595. The number of hydrogen-bond donors (Lipinski definition) is 3. The molecule has 0 radical (unpaired) electrons. The number of nitrogens with zero attached hydrogens (tertiary/aromatic N) is 1. The van der Waals surface area contributed by atoms with E-state index >= 15 is 0 Å². The van der Waals surface area contributed by atoms with Gasteiger partial charge in [0, 0.05) is 11.9 Å². The summed E-state index contributed by atoms with van der Waals surface area (Å²) < 4.78 is 0. The fourth-order valence-electron chi connectivity index (χ4n) is 1.80. The molecule has 0 bridgehead atoms. The summed E-state index contributed by atoms with van der Waals surface area (Å²) in [5.41, 5.74) is 4.42. The molecule has 0 spiro atoms. The molecule has 2 rings (SSSR count). The van der Waals surface area contributed by atoms with Crippen molar-refractivity contribution in [3.8, 4) is 0 Å². The van der Waals surface area contributed by atoms with Gasteiger partial charge >= 0.3 is 0 Å². The van der Waals surface area contributed by atoms with E-state index in [4.69, 9.17) is 5.84 Å². The molecule has 19 heavy (non-hydrogen) atoms. The van der Waals surface area contributed by atoms with Crippen LogP contribution >= 0.6 is 0 Å². The molecule has 0 saturated heterocycles. The summed E-state index contributed by atoms with van der Waals surface area (Å²) in [6.45, 7) is 4.71. The number of fused-ring (bicyclic) bond motifs is 1. The lowest BCUT2D eigenvalue weighted by Gasteiger charge is -2.10. The Morgan fingerprint density at radius 1 is 1.37 bits per heavy atom. The average molecular weight is 258 g/mol. The summed E-state index contributed by atoms with van der Waals surface area (Å²) in [6.07, 6.45) is 0. The van der Waals surface area contributed by atoms with Gasteiger partial charge in [0.25, 0.3) is 5.91 Å². The van der Waals surface area contributed by atoms with Gasteiger partial charge in [0.05, 0.1) is 11.2 Å². The third kappa shape index (κ3) is 3.00. The second-order valence-corrected chi connectivity index (χ2v) is 4.82. The van der Waals surface area contributed by atoms with E-state index in [0.717, 1.165) is 10.9 Å². The highest BCUT2D eigenvalue weighted by Gasteiger charge is 2.11. The lowest BCUT2D eigenvalue weighted by atomic mass is 10.1. The van der Waals surface area contributed by atoms with Crippen molar-refractivity contribution >= 4 is 22.5 Å². The van der Waals surface area contributed by atoms with Crippen molar-refractivity contribution in [3.05, 3.63) is 36.0 Å². The van der Waals surface area contributed by atoms with E-state index in [0.29, 0.717) is 23.8 Å². The molecule has 2 aromatic rings. The van der Waals surface area contributed by atoms with Crippen LogP contribution in [0, 0.1) is 5.92 Å². The summed E-state index contributed by atoms with van der Waals surface area (Å²) in [6, 6.07) is 9.22. The first kappa shape index (κ1) is 13.3. The number of carbonyl (C=O) groups is 1. The number of hydrogen-bond acceptors (Lipinski definition) is 4. The van der Waals surface area contributed by atoms with E-state index in [2.05, 4.69) is 15.7 Å². The largest absolute Gasteiger partial charge is 0.350 e. The lowest BCUT2D eigenvalue weighted by molar-refractivity contribution is 0.0944. The van der Waals surface area contributed by atoms with Crippen LogP contribution in [0.5, 0.6) is 0 Å². The molecule has 0 unspecified atom stereocenters. The fourth-order valence-corrected chi connectivity index (χ4v) is 1.80. The van der Waals surface area contributed by atoms with Gasteiger partial charge in [-0.1, -0.05) is 32.0 Å². The number of benzene rings is 1. The average Bonchev–Trinajstić information content (AvgIpc) is 2.43. The number of amides is 1. The van der Waals surface area contributed by atoms with E-state index < -0.39 is 0 Å². The second kappa shape index (κ2) is 5.67. The van der Waals surface area contributed by atoms with Crippen LogP contribution in [0.4, 0.5) is 5.69 Å². The summed E-state index contributed by atoms with van der Waals surface area (Å²) in [5.74, 6) is 5.71. The van der Waals surface area contributed by atoms with Crippen LogP contribution in [0.2, 0.25) is 0 Å². The van der Waals surface area contributed by atoms with Crippen LogP contribution in [-0.4, -0.2) is 17.4 Å². The molecule has 0 aliphatic carbocycles. The highest BCUT2D eigenvalue weighted by molar-refractivity contribution is 5.99. The predicted octanol–water partition coefficient (Wildman–Crippen LogP) is 1.91. The monoisotopic (exact) mass is 258 g/mol. The molecular formula is C14H18N4O. The van der Waals surface area contributed by atoms with Crippen LogP contribution < -0.4 is 16.6 Å². The Morgan fingerprint density at radius 2 is 2.11 bits per heavy atom. The van der Waals surface area contributed by atoms with Gasteiger partial charge in [-0.05, 0) is 18.1 Å². The smallest absolute Gasteiger partial charge is 0.269 e. The minimum atomic E-state index is -0.184. The summed E-state index contributed by atoms with van der Waals surface area (Å²) in [5, 5.41) is 3.74. The molecule has 100 valence electrons. The van der Waals surface area contributed by atoms with Crippen molar-refractivity contribution in [1.82, 2.24) is 10.3 Å². The Balaban J connectivity index is 2.36. The molecule has 0 aliphatic heterocycles. The Kier molecular flexibility index (Phi) is 3.97. The van der Waals surface area contributed by atoms with Crippen LogP contribution in [-0.2, 0) is 0 Å². The highest BCUT2D eigenvalue weighted by Crippen LogP contribution is 2.22. The minimum Gasteiger partial charge on any atom is -0.350 e. The first-order chi connectivity index (χ1) is 9.11. The molecule has 4 N–H and O–H groups in total. The number of carbonyl (C=O) groups excluding carboxylic acids is 1. The Morgan fingerprint density at radius 3 is 2.79 bits per heavy atom. The van der Waals surface area contributed by atoms with Crippen LogP contribution in [0.25, 0.3) is 10.9 Å². The zero-order valence-electron chi connectivity index (χ0n) is 11.1. The molecule has 1 heterocycles. The molecule has 1 amide bonds. The van der Waals surface area contributed by atoms with E-state index in [1.54, 1.807) is 6.07 Å². The third-order valence-electron chi connectivity index (χ3n) is 2.78. The zero-order valence-corrected chi connectivity index (χ0v) is 11.1. The van der Waals surface area contributed by atoms with Crippen molar-refractivity contribution in [3.63, 3.8) is 0 Å². The first-order valence-electron chi connectivity index (χ1n) is 6.26. The molecule has 0 fully saturated rings. The van der Waals surface area contributed by atoms with E-state index in [1.807, 2.05) is 38.1 Å². The van der Waals surface area contributed by atoms with Crippen molar-refractivity contribution in [2.75, 3.05) is 12.0 Å². The van der Waals surface area contributed by atoms with Gasteiger partial charge in [0.1, 0.15) is 5.69 Å². The SMILES string of the molecule is CC(C)CNC(=O)c1cc(NN)c2ccccc2n1. The molecule has 0 aliphatic rings. The number of para-hydroxylation sites is 1. The van der Waals surface area contributed by atoms with Gasteiger partial charge in [0.15, 0.2) is 0 Å². The van der Waals surface area contributed by atoms with Crippen molar-refractivity contribution < 1.29 is 4.79 Å². The van der Waals surface area contributed by atoms with E-state index in [-0.39, 0.29) is 5.91 Å². The van der Waals surface area contributed by atoms with Crippen molar-refractivity contribution in [1.29, 1.82) is 0 Å². The van der Waals surface area contributed by atoms with Crippen LogP contribution in [0.3, 0.4) is 0 Å². The normalized spacial score (nSPS) is 10.7. The number of hydrazine groups is 1. The maximum atomic E-state index is 12.0. The molecule has 1 aromatic heterocycles. The van der Waals surface area contributed by atoms with Gasteiger partial charge in [-0.3, -0.25) is 10.6 Å². The number of nitrogen functional groups attached to an aromatic ring is 1. The first-order valence-corrected chi connectivity index (χ1v) is 6.26. The van der Waals surface area contributed by atoms with Crippen molar-refractivity contribution in [2.45, 2.75) is 13.8 Å². The number of rotatable bonds is 4. The fraction of sp³-hybridized carbons (Fsp3) is 0.286. The number of anilines is 1. The highest BCUT2D eigenvalue weighted by atomic mass is 16.1. The van der Waals surface area contributed by atoms with Gasteiger partial charge in [0.2, 0.25) is 0 Å². The number of pyridine rings is 1.